The maximum atomic E-state index is 12.2. The first kappa shape index (κ1) is 23.7. The molecule has 0 aliphatic carbocycles. The summed E-state index contributed by atoms with van der Waals surface area (Å²) in [6.45, 7) is 2.41. The molecule has 0 radical (unpaired) electrons. The van der Waals surface area contributed by atoms with E-state index in [0.717, 1.165) is 19.5 Å². The van der Waals surface area contributed by atoms with Crippen LogP contribution >= 0.6 is 24.0 Å². The van der Waals surface area contributed by atoms with Crippen LogP contribution < -0.4 is 10.6 Å². The monoisotopic (exact) mass is 508 g/mol. The van der Waals surface area contributed by atoms with E-state index >= 15 is 0 Å². The first-order valence-electron chi connectivity index (χ1n) is 8.81. The van der Waals surface area contributed by atoms with Gasteiger partial charge in [-0.25, -0.2) is 8.42 Å². The van der Waals surface area contributed by atoms with Gasteiger partial charge in [-0.3, -0.25) is 9.79 Å². The molecule has 1 atom stereocenters. The molecule has 0 spiro atoms. The largest absolute Gasteiger partial charge is 0.356 e. The molecule has 0 bridgehead atoms. The number of halogens is 1. The third-order valence-electron chi connectivity index (χ3n) is 4.35. The third-order valence-corrected chi connectivity index (χ3v) is 5.30. The maximum Gasteiger partial charge on any atom is 0.223 e. The minimum atomic E-state index is -3.00. The van der Waals surface area contributed by atoms with Gasteiger partial charge in [0.15, 0.2) is 5.96 Å². The molecule has 1 saturated heterocycles. The Kier molecular flexibility index (Phi) is 10.1. The molecule has 1 aliphatic heterocycles. The number of sulfone groups is 1. The van der Waals surface area contributed by atoms with Gasteiger partial charge in [0.1, 0.15) is 9.84 Å². The summed E-state index contributed by atoms with van der Waals surface area (Å²) in [6, 6.07) is 10.2. The molecule has 1 aromatic rings. The van der Waals surface area contributed by atoms with Crippen LogP contribution in [-0.4, -0.2) is 70.4 Å². The summed E-state index contributed by atoms with van der Waals surface area (Å²) in [7, 11) is -1.36. The zero-order valence-electron chi connectivity index (χ0n) is 15.8. The fraction of sp³-hybridized carbons (Fsp3) is 0.556. The number of amides is 1. The van der Waals surface area contributed by atoms with Crippen molar-refractivity contribution in [2.24, 2.45) is 10.9 Å². The Morgan fingerprint density at radius 2 is 1.96 bits per heavy atom. The molecule has 27 heavy (non-hydrogen) atoms. The maximum absolute atomic E-state index is 12.2. The van der Waals surface area contributed by atoms with Gasteiger partial charge >= 0.3 is 0 Å². The number of hydrogen-bond donors (Lipinski definition) is 2. The molecule has 1 heterocycles. The second kappa shape index (κ2) is 11.5. The summed E-state index contributed by atoms with van der Waals surface area (Å²) >= 11 is 0. The Bertz CT molecular complexity index is 725. The standard InChI is InChI=1S/C18H28N4O3S.HI/c1-19-18(20-9-11-26(2,24)25)21-13-16-12-17(23)22(14-16)10-8-15-6-4-3-5-7-15;/h3-7,16H,8-14H2,1-2H3,(H2,19,20,21);1H. The predicted molar refractivity (Wildman–Crippen MR) is 119 cm³/mol. The number of likely N-dealkylation sites (tertiary alicyclic amines) is 1. The van der Waals surface area contributed by atoms with Crippen LogP contribution in [0.5, 0.6) is 0 Å². The molecule has 1 fully saturated rings. The van der Waals surface area contributed by atoms with E-state index in [1.807, 2.05) is 23.1 Å². The van der Waals surface area contributed by atoms with Gasteiger partial charge in [-0.05, 0) is 12.0 Å². The van der Waals surface area contributed by atoms with E-state index in [-0.39, 0.29) is 41.6 Å². The average Bonchev–Trinajstić information content (AvgIpc) is 2.96. The lowest BCUT2D eigenvalue weighted by Crippen LogP contribution is -2.42. The molecule has 1 aliphatic rings. The van der Waals surface area contributed by atoms with Gasteiger partial charge in [-0.2, -0.15) is 0 Å². The molecule has 2 rings (SSSR count). The zero-order chi connectivity index (χ0) is 19.0. The molecular formula is C18H29IN4O3S. The van der Waals surface area contributed by atoms with Gasteiger partial charge in [-0.15, -0.1) is 24.0 Å². The second-order valence-corrected chi connectivity index (χ2v) is 8.92. The van der Waals surface area contributed by atoms with Gasteiger partial charge in [0.05, 0.1) is 5.75 Å². The number of nitrogens with one attached hydrogen (secondary N) is 2. The highest BCUT2D eigenvalue weighted by Gasteiger charge is 2.29. The lowest BCUT2D eigenvalue weighted by atomic mass is 10.1. The molecule has 1 aromatic carbocycles. The average molecular weight is 508 g/mol. The van der Waals surface area contributed by atoms with E-state index in [0.29, 0.717) is 25.5 Å². The SMILES string of the molecule is CN=C(NCCS(C)(=O)=O)NCC1CC(=O)N(CCc2ccccc2)C1.I. The predicted octanol–water partition coefficient (Wildman–Crippen LogP) is 0.905. The quantitative estimate of drug-likeness (QED) is 0.310. The highest BCUT2D eigenvalue weighted by atomic mass is 127. The number of hydrogen-bond acceptors (Lipinski definition) is 4. The van der Waals surface area contributed by atoms with Crippen LogP contribution in [-0.2, 0) is 21.1 Å². The van der Waals surface area contributed by atoms with Crippen LogP contribution in [0.25, 0.3) is 0 Å². The van der Waals surface area contributed by atoms with Gasteiger partial charge in [0.25, 0.3) is 0 Å². The Morgan fingerprint density at radius 3 is 2.59 bits per heavy atom. The number of carbonyl (C=O) groups is 1. The third kappa shape index (κ3) is 8.91. The fourth-order valence-corrected chi connectivity index (χ4v) is 3.40. The van der Waals surface area contributed by atoms with E-state index in [1.165, 1.54) is 11.8 Å². The van der Waals surface area contributed by atoms with Crippen molar-refractivity contribution in [3.8, 4) is 0 Å². The van der Waals surface area contributed by atoms with Crippen molar-refractivity contribution in [3.63, 3.8) is 0 Å². The summed E-state index contributed by atoms with van der Waals surface area (Å²) in [4.78, 5) is 18.2. The number of carbonyl (C=O) groups excluding carboxylic acids is 1. The minimum absolute atomic E-state index is 0. The first-order chi connectivity index (χ1) is 12.4. The van der Waals surface area contributed by atoms with Crippen molar-refractivity contribution in [2.75, 3.05) is 45.2 Å². The van der Waals surface area contributed by atoms with Gasteiger partial charge in [0.2, 0.25) is 5.91 Å². The molecule has 0 aromatic heterocycles. The van der Waals surface area contributed by atoms with Crippen molar-refractivity contribution in [1.29, 1.82) is 0 Å². The smallest absolute Gasteiger partial charge is 0.223 e. The molecule has 9 heteroatoms. The summed E-state index contributed by atoms with van der Waals surface area (Å²) in [5.41, 5.74) is 1.23. The van der Waals surface area contributed by atoms with Crippen LogP contribution in [0.15, 0.2) is 35.3 Å². The van der Waals surface area contributed by atoms with Crippen LogP contribution in [0, 0.1) is 5.92 Å². The number of benzene rings is 1. The molecule has 1 amide bonds. The van der Waals surface area contributed by atoms with E-state index in [9.17, 15) is 13.2 Å². The Hall–Kier alpha value is -1.36. The Morgan fingerprint density at radius 1 is 1.26 bits per heavy atom. The van der Waals surface area contributed by atoms with E-state index in [2.05, 4.69) is 27.8 Å². The van der Waals surface area contributed by atoms with Crippen LogP contribution in [0.3, 0.4) is 0 Å². The topological polar surface area (TPSA) is 90.9 Å². The molecule has 152 valence electrons. The molecule has 0 saturated carbocycles. The second-order valence-electron chi connectivity index (χ2n) is 6.66. The summed E-state index contributed by atoms with van der Waals surface area (Å²) < 4.78 is 22.3. The highest BCUT2D eigenvalue weighted by molar-refractivity contribution is 14.0. The van der Waals surface area contributed by atoms with Crippen molar-refractivity contribution in [2.45, 2.75) is 12.8 Å². The van der Waals surface area contributed by atoms with Crippen molar-refractivity contribution >= 4 is 45.7 Å². The van der Waals surface area contributed by atoms with Gasteiger partial charge in [0, 0.05) is 51.8 Å². The van der Waals surface area contributed by atoms with Gasteiger partial charge in [-0.1, -0.05) is 30.3 Å². The normalized spacial score (nSPS) is 17.6. The number of nitrogens with zero attached hydrogens (tertiary/aromatic N) is 2. The number of aliphatic imine (C=N–C) groups is 1. The van der Waals surface area contributed by atoms with Crippen molar-refractivity contribution in [1.82, 2.24) is 15.5 Å². The molecule has 1 unspecified atom stereocenters. The highest BCUT2D eigenvalue weighted by Crippen LogP contribution is 2.17. The van der Waals surface area contributed by atoms with E-state index in [1.54, 1.807) is 7.05 Å². The Labute approximate surface area is 178 Å². The van der Waals surface area contributed by atoms with Crippen LogP contribution in [0.2, 0.25) is 0 Å². The molecular weight excluding hydrogens is 479 g/mol. The zero-order valence-corrected chi connectivity index (χ0v) is 19.0. The minimum Gasteiger partial charge on any atom is -0.356 e. The summed E-state index contributed by atoms with van der Waals surface area (Å²) in [5, 5.41) is 6.16. The fourth-order valence-electron chi connectivity index (χ4n) is 2.93. The Balaban J connectivity index is 0.00000364. The van der Waals surface area contributed by atoms with E-state index < -0.39 is 9.84 Å². The van der Waals surface area contributed by atoms with Crippen LogP contribution in [0.4, 0.5) is 0 Å². The summed E-state index contributed by atoms with van der Waals surface area (Å²) in [5.74, 6) is 1.03. The lowest BCUT2D eigenvalue weighted by molar-refractivity contribution is -0.127. The van der Waals surface area contributed by atoms with Gasteiger partial charge < -0.3 is 15.5 Å². The van der Waals surface area contributed by atoms with Crippen molar-refractivity contribution in [3.05, 3.63) is 35.9 Å². The molecule has 7 nitrogen and oxygen atoms in total. The summed E-state index contributed by atoms with van der Waals surface area (Å²) in [6.07, 6.45) is 2.60. The number of guanidine groups is 1. The van der Waals surface area contributed by atoms with Crippen molar-refractivity contribution < 1.29 is 13.2 Å². The van der Waals surface area contributed by atoms with E-state index in [4.69, 9.17) is 0 Å². The first-order valence-corrected chi connectivity index (χ1v) is 10.9. The number of rotatable bonds is 8. The lowest BCUT2D eigenvalue weighted by Gasteiger charge is -2.18. The molecule has 2 N–H and O–H groups in total. The van der Waals surface area contributed by atoms with Crippen LogP contribution in [0.1, 0.15) is 12.0 Å².